The lowest BCUT2D eigenvalue weighted by Crippen LogP contribution is -2.25. The van der Waals surface area contributed by atoms with Crippen molar-refractivity contribution in [3.63, 3.8) is 0 Å². The third-order valence-corrected chi connectivity index (χ3v) is 4.13. The molecule has 92 valence electrons. The number of hydrogen-bond acceptors (Lipinski definition) is 3. The summed E-state index contributed by atoms with van der Waals surface area (Å²) in [5.74, 6) is 0. The maximum absolute atomic E-state index is 11.2. The first-order valence-corrected chi connectivity index (χ1v) is 7.09. The fraction of sp³-hybridized carbons (Fsp3) is 0.267. The average Bonchev–Trinajstić information content (AvgIpc) is 3.13. The summed E-state index contributed by atoms with van der Waals surface area (Å²) in [6, 6.07) is 12.7. The number of para-hydroxylation sites is 1. The Bertz CT molecular complexity index is 531. The van der Waals surface area contributed by atoms with Gasteiger partial charge >= 0.3 is 0 Å². The summed E-state index contributed by atoms with van der Waals surface area (Å²) in [5.41, 5.74) is 1.87. The monoisotopic (exact) mass is 257 g/mol. The number of rotatable bonds is 5. The Morgan fingerprint density at radius 1 is 1.22 bits per heavy atom. The molecule has 1 aliphatic rings. The maximum atomic E-state index is 11.2. The van der Waals surface area contributed by atoms with Crippen LogP contribution < -0.4 is 4.90 Å². The van der Waals surface area contributed by atoms with E-state index in [2.05, 4.69) is 28.5 Å². The highest BCUT2D eigenvalue weighted by Crippen LogP contribution is 2.35. The zero-order chi connectivity index (χ0) is 12.4. The van der Waals surface area contributed by atoms with Crippen LogP contribution in [0.4, 0.5) is 5.69 Å². The van der Waals surface area contributed by atoms with Crippen molar-refractivity contribution in [2.45, 2.75) is 25.4 Å². The van der Waals surface area contributed by atoms with Gasteiger partial charge in [0.2, 0.25) is 0 Å². The van der Waals surface area contributed by atoms with E-state index in [1.54, 1.807) is 11.3 Å². The van der Waals surface area contributed by atoms with Gasteiger partial charge in [0.25, 0.3) is 0 Å². The minimum absolute atomic E-state index is 0.605. The van der Waals surface area contributed by atoms with Crippen molar-refractivity contribution >= 4 is 23.3 Å². The third-order valence-electron chi connectivity index (χ3n) is 3.27. The van der Waals surface area contributed by atoms with Crippen LogP contribution in [0.25, 0.3) is 0 Å². The summed E-state index contributed by atoms with van der Waals surface area (Å²) in [5, 5.41) is 2.10. The fourth-order valence-corrected chi connectivity index (χ4v) is 2.92. The lowest BCUT2D eigenvalue weighted by molar-refractivity contribution is 0.112. The Labute approximate surface area is 111 Å². The molecule has 0 spiro atoms. The predicted octanol–water partition coefficient (Wildman–Crippen LogP) is 3.73. The van der Waals surface area contributed by atoms with Gasteiger partial charge in [-0.05, 0) is 36.4 Å². The highest BCUT2D eigenvalue weighted by molar-refractivity contribution is 7.09. The standard InChI is InChI=1S/C15H15NOS/c17-11-12-4-1-2-6-15(12)16(13-7-8-13)10-14-5-3-9-18-14/h1-6,9,11,13H,7-8,10H2. The Balaban J connectivity index is 1.91. The van der Waals surface area contributed by atoms with Gasteiger partial charge in [-0.15, -0.1) is 11.3 Å². The van der Waals surface area contributed by atoms with E-state index in [1.807, 2.05) is 18.2 Å². The first kappa shape index (κ1) is 11.5. The van der Waals surface area contributed by atoms with Crippen molar-refractivity contribution in [1.82, 2.24) is 0 Å². The van der Waals surface area contributed by atoms with Crippen LogP contribution >= 0.6 is 11.3 Å². The van der Waals surface area contributed by atoms with Crippen molar-refractivity contribution in [3.8, 4) is 0 Å². The SMILES string of the molecule is O=Cc1ccccc1N(Cc1cccs1)C1CC1. The molecule has 1 aromatic carbocycles. The first-order chi connectivity index (χ1) is 8.88. The van der Waals surface area contributed by atoms with Crippen molar-refractivity contribution in [2.24, 2.45) is 0 Å². The average molecular weight is 257 g/mol. The molecule has 0 saturated heterocycles. The number of carbonyl (C=O) groups excluding carboxylic acids is 1. The molecule has 0 N–H and O–H groups in total. The highest BCUT2D eigenvalue weighted by atomic mass is 32.1. The number of benzene rings is 1. The fourth-order valence-electron chi connectivity index (χ4n) is 2.22. The van der Waals surface area contributed by atoms with Crippen LogP contribution in [0.5, 0.6) is 0 Å². The van der Waals surface area contributed by atoms with Gasteiger partial charge in [-0.25, -0.2) is 0 Å². The molecule has 0 atom stereocenters. The Morgan fingerprint density at radius 2 is 2.06 bits per heavy atom. The molecule has 2 nitrogen and oxygen atoms in total. The molecule has 3 heteroatoms. The van der Waals surface area contributed by atoms with Gasteiger partial charge in [0.15, 0.2) is 6.29 Å². The zero-order valence-corrected chi connectivity index (χ0v) is 10.9. The lowest BCUT2D eigenvalue weighted by Gasteiger charge is -2.25. The topological polar surface area (TPSA) is 20.3 Å². The van der Waals surface area contributed by atoms with Gasteiger partial charge in [-0.2, -0.15) is 0 Å². The Kier molecular flexibility index (Phi) is 3.15. The van der Waals surface area contributed by atoms with Crippen molar-refractivity contribution in [2.75, 3.05) is 4.90 Å². The van der Waals surface area contributed by atoms with Crippen LogP contribution in [0.1, 0.15) is 28.1 Å². The third kappa shape index (κ3) is 2.31. The van der Waals surface area contributed by atoms with Gasteiger partial charge in [0.1, 0.15) is 0 Å². The summed E-state index contributed by atoms with van der Waals surface area (Å²) in [6.45, 7) is 0.910. The van der Waals surface area contributed by atoms with Crippen LogP contribution in [0.2, 0.25) is 0 Å². The number of hydrogen-bond donors (Lipinski definition) is 0. The van der Waals surface area contributed by atoms with E-state index in [1.165, 1.54) is 17.7 Å². The van der Waals surface area contributed by atoms with E-state index in [0.717, 1.165) is 24.1 Å². The molecule has 0 radical (unpaired) electrons. The van der Waals surface area contributed by atoms with Crippen molar-refractivity contribution in [1.29, 1.82) is 0 Å². The van der Waals surface area contributed by atoms with E-state index in [9.17, 15) is 4.79 Å². The minimum Gasteiger partial charge on any atom is -0.363 e. The smallest absolute Gasteiger partial charge is 0.152 e. The van der Waals surface area contributed by atoms with Gasteiger partial charge in [0.05, 0.1) is 6.54 Å². The van der Waals surface area contributed by atoms with Crippen LogP contribution in [0.15, 0.2) is 41.8 Å². The van der Waals surface area contributed by atoms with Gasteiger partial charge in [-0.1, -0.05) is 18.2 Å². The quantitative estimate of drug-likeness (QED) is 0.761. The summed E-state index contributed by atoms with van der Waals surface area (Å²) < 4.78 is 0. The second-order valence-electron chi connectivity index (χ2n) is 4.62. The van der Waals surface area contributed by atoms with Gasteiger partial charge < -0.3 is 4.90 Å². The molecule has 1 aromatic heterocycles. The molecule has 1 fully saturated rings. The Morgan fingerprint density at radius 3 is 2.72 bits per heavy atom. The molecule has 0 bridgehead atoms. The van der Waals surface area contributed by atoms with Gasteiger partial charge in [0, 0.05) is 22.2 Å². The number of thiophene rings is 1. The van der Waals surface area contributed by atoms with E-state index in [-0.39, 0.29) is 0 Å². The second-order valence-corrected chi connectivity index (χ2v) is 5.65. The maximum Gasteiger partial charge on any atom is 0.152 e. The van der Waals surface area contributed by atoms with Crippen molar-refractivity contribution in [3.05, 3.63) is 52.2 Å². The van der Waals surface area contributed by atoms with E-state index in [4.69, 9.17) is 0 Å². The highest BCUT2D eigenvalue weighted by Gasteiger charge is 2.30. The zero-order valence-electron chi connectivity index (χ0n) is 10.1. The summed E-state index contributed by atoms with van der Waals surface area (Å²) >= 11 is 1.77. The largest absolute Gasteiger partial charge is 0.363 e. The number of anilines is 1. The van der Waals surface area contributed by atoms with Crippen LogP contribution in [-0.4, -0.2) is 12.3 Å². The second kappa shape index (κ2) is 4.94. The van der Waals surface area contributed by atoms with Crippen LogP contribution in [0, 0.1) is 0 Å². The van der Waals surface area contributed by atoms with Crippen molar-refractivity contribution < 1.29 is 4.79 Å². The molecular weight excluding hydrogens is 242 g/mol. The number of aldehydes is 1. The minimum atomic E-state index is 0.605. The summed E-state index contributed by atoms with van der Waals surface area (Å²) in [7, 11) is 0. The first-order valence-electron chi connectivity index (χ1n) is 6.21. The molecule has 3 rings (SSSR count). The van der Waals surface area contributed by atoms with E-state index in [0.29, 0.717) is 6.04 Å². The number of nitrogens with zero attached hydrogens (tertiary/aromatic N) is 1. The normalized spacial score (nSPS) is 14.4. The molecular formula is C15H15NOS. The lowest BCUT2D eigenvalue weighted by atomic mass is 10.1. The van der Waals surface area contributed by atoms with E-state index < -0.39 is 0 Å². The van der Waals surface area contributed by atoms with Gasteiger partial charge in [-0.3, -0.25) is 4.79 Å². The molecule has 18 heavy (non-hydrogen) atoms. The molecule has 0 aliphatic heterocycles. The van der Waals surface area contributed by atoms with Crippen LogP contribution in [0.3, 0.4) is 0 Å². The Hall–Kier alpha value is -1.61. The molecule has 0 unspecified atom stereocenters. The molecule has 1 aliphatic carbocycles. The van der Waals surface area contributed by atoms with E-state index >= 15 is 0 Å². The molecule has 1 heterocycles. The molecule has 2 aromatic rings. The summed E-state index contributed by atoms with van der Waals surface area (Å²) in [6.07, 6.45) is 3.43. The molecule has 1 saturated carbocycles. The summed E-state index contributed by atoms with van der Waals surface area (Å²) in [4.78, 5) is 14.9. The van der Waals surface area contributed by atoms with Crippen LogP contribution in [-0.2, 0) is 6.54 Å². The number of carbonyl (C=O) groups is 1. The molecule has 0 amide bonds. The predicted molar refractivity (Wildman–Crippen MR) is 75.4 cm³/mol.